The van der Waals surface area contributed by atoms with Crippen molar-refractivity contribution in [1.82, 2.24) is 0 Å². The number of hydrogen-bond donors (Lipinski definition) is 0. The zero-order valence-corrected chi connectivity index (χ0v) is 7.05. The molecule has 0 N–H and O–H groups in total. The normalized spacial score (nSPS) is 33.5. The van der Waals surface area contributed by atoms with Crippen LogP contribution in [0.1, 0.15) is 38.5 Å². The van der Waals surface area contributed by atoms with Crippen molar-refractivity contribution >= 4 is 0 Å². The molecule has 0 unspecified atom stereocenters. The molecule has 0 aliphatic heterocycles. The van der Waals surface area contributed by atoms with Crippen molar-refractivity contribution in [1.29, 1.82) is 0 Å². The van der Waals surface area contributed by atoms with E-state index < -0.39 is 0 Å². The number of fused-ring (bicyclic) bond motifs is 5. The van der Waals surface area contributed by atoms with Gasteiger partial charge in [0.15, 0.2) is 0 Å². The Morgan fingerprint density at radius 2 is 1.82 bits per heavy atom. The quantitative estimate of drug-likeness (QED) is 0.493. The molecule has 0 heterocycles. The topological polar surface area (TPSA) is 0 Å². The zero-order chi connectivity index (χ0) is 7.52. The summed E-state index contributed by atoms with van der Waals surface area (Å²) in [6.07, 6.45) is 15.4. The van der Waals surface area contributed by atoms with Gasteiger partial charge in [-0.2, -0.15) is 0 Å². The van der Waals surface area contributed by atoms with Gasteiger partial charge in [-0.05, 0) is 44.4 Å². The second-order valence-electron chi connectivity index (χ2n) is 3.75. The van der Waals surface area contributed by atoms with Gasteiger partial charge in [0.1, 0.15) is 0 Å². The van der Waals surface area contributed by atoms with E-state index in [4.69, 9.17) is 0 Å². The molecule has 11 heavy (non-hydrogen) atoms. The van der Waals surface area contributed by atoms with Crippen LogP contribution >= 0.6 is 0 Å². The first-order valence-corrected chi connectivity index (χ1v) is 4.81. The minimum atomic E-state index is 0.896. The molecule has 0 nitrogen and oxygen atoms in total. The van der Waals surface area contributed by atoms with Crippen LogP contribution < -0.4 is 0 Å². The lowest BCUT2D eigenvalue weighted by Gasteiger charge is -2.20. The molecule has 0 atom stereocenters. The molecule has 0 heteroatoms. The summed E-state index contributed by atoms with van der Waals surface area (Å²) in [7, 11) is 0. The van der Waals surface area contributed by atoms with Gasteiger partial charge in [0.2, 0.25) is 0 Å². The van der Waals surface area contributed by atoms with Crippen molar-refractivity contribution in [2.24, 2.45) is 5.92 Å². The van der Waals surface area contributed by atoms with E-state index in [0.29, 0.717) is 0 Å². The van der Waals surface area contributed by atoms with E-state index >= 15 is 0 Å². The second kappa shape index (κ2) is 3.25. The lowest BCUT2D eigenvalue weighted by Crippen LogP contribution is -2.03. The molecule has 0 aromatic heterocycles. The fraction of sp³-hybridized carbons (Fsp3) is 0.636. The average Bonchev–Trinajstić information content (AvgIpc) is 1.80. The maximum Gasteiger partial charge on any atom is -0.0230 e. The molecule has 0 saturated heterocycles. The second-order valence-corrected chi connectivity index (χ2v) is 3.75. The van der Waals surface area contributed by atoms with E-state index in [9.17, 15) is 0 Å². The van der Waals surface area contributed by atoms with Crippen LogP contribution in [-0.2, 0) is 0 Å². The Hall–Kier alpha value is -0.520. The summed E-state index contributed by atoms with van der Waals surface area (Å²) in [4.78, 5) is 0. The molecular weight excluding hydrogens is 132 g/mol. The Balaban J connectivity index is 2.18. The summed E-state index contributed by atoms with van der Waals surface area (Å²) in [5.41, 5.74) is 1.68. The molecule has 3 aliphatic carbocycles. The van der Waals surface area contributed by atoms with E-state index in [1.165, 1.54) is 38.5 Å². The SMILES string of the molecule is C1=C2CCCC(/C=C\1)CCC2. The van der Waals surface area contributed by atoms with Crippen molar-refractivity contribution in [2.75, 3.05) is 0 Å². The molecule has 1 fully saturated rings. The molecule has 0 aromatic rings. The first-order chi connectivity index (χ1) is 5.45. The van der Waals surface area contributed by atoms with Gasteiger partial charge in [-0.1, -0.05) is 23.8 Å². The van der Waals surface area contributed by atoms with E-state index in [-0.39, 0.29) is 0 Å². The highest BCUT2D eigenvalue weighted by atomic mass is 14.2. The van der Waals surface area contributed by atoms with Crippen LogP contribution in [0.2, 0.25) is 0 Å². The largest absolute Gasteiger partial charge is 0.0814 e. The van der Waals surface area contributed by atoms with Crippen molar-refractivity contribution in [3.8, 4) is 0 Å². The van der Waals surface area contributed by atoms with Gasteiger partial charge in [0.25, 0.3) is 0 Å². The summed E-state index contributed by atoms with van der Waals surface area (Å²) < 4.78 is 0. The molecule has 1 saturated carbocycles. The van der Waals surface area contributed by atoms with Gasteiger partial charge in [0, 0.05) is 0 Å². The van der Waals surface area contributed by atoms with E-state index in [0.717, 1.165) is 5.92 Å². The van der Waals surface area contributed by atoms with Crippen molar-refractivity contribution < 1.29 is 0 Å². The summed E-state index contributed by atoms with van der Waals surface area (Å²) in [6.45, 7) is 0. The zero-order valence-electron chi connectivity index (χ0n) is 7.05. The summed E-state index contributed by atoms with van der Waals surface area (Å²) in [5.74, 6) is 0.896. The highest BCUT2D eigenvalue weighted by Crippen LogP contribution is 2.28. The molecule has 3 rings (SSSR count). The lowest BCUT2D eigenvalue weighted by molar-refractivity contribution is 0.472. The Bertz CT molecular complexity index is 174. The van der Waals surface area contributed by atoms with Crippen LogP contribution in [0.3, 0.4) is 0 Å². The molecule has 2 bridgehead atoms. The summed E-state index contributed by atoms with van der Waals surface area (Å²) in [5, 5.41) is 0. The summed E-state index contributed by atoms with van der Waals surface area (Å²) in [6, 6.07) is 0. The van der Waals surface area contributed by atoms with Gasteiger partial charge in [-0.25, -0.2) is 0 Å². The Labute approximate surface area is 69.0 Å². The molecule has 0 aromatic carbocycles. The Morgan fingerprint density at radius 3 is 2.55 bits per heavy atom. The molecule has 3 aliphatic rings. The predicted molar refractivity (Wildman–Crippen MR) is 48.4 cm³/mol. The van der Waals surface area contributed by atoms with Crippen LogP contribution in [-0.4, -0.2) is 0 Å². The van der Waals surface area contributed by atoms with Crippen molar-refractivity contribution in [3.63, 3.8) is 0 Å². The third-order valence-corrected chi connectivity index (χ3v) is 2.86. The third-order valence-electron chi connectivity index (χ3n) is 2.86. The standard InChI is InChI=1S/C11H16/c1-4-10-6-2-7-11(5-1)9-3-8-10/h1,4-5,10H,2-3,6-9H2/b4-1-,11-5?. The fourth-order valence-corrected chi connectivity index (χ4v) is 2.16. The maximum absolute atomic E-state index is 2.40. The minimum Gasteiger partial charge on any atom is -0.0814 e. The molecule has 0 amide bonds. The highest BCUT2D eigenvalue weighted by molar-refractivity contribution is 5.16. The first-order valence-electron chi connectivity index (χ1n) is 4.81. The molecular formula is C11H16. The molecule has 0 spiro atoms. The van der Waals surface area contributed by atoms with Gasteiger partial charge in [-0.3, -0.25) is 0 Å². The number of rotatable bonds is 0. The smallest absolute Gasteiger partial charge is 0.0230 e. The van der Waals surface area contributed by atoms with Crippen LogP contribution in [0.4, 0.5) is 0 Å². The Morgan fingerprint density at radius 1 is 1.09 bits per heavy atom. The van der Waals surface area contributed by atoms with Gasteiger partial charge in [-0.15, -0.1) is 0 Å². The minimum absolute atomic E-state index is 0.896. The predicted octanol–water partition coefficient (Wildman–Crippen LogP) is 3.45. The number of hydrogen-bond acceptors (Lipinski definition) is 0. The molecule has 0 radical (unpaired) electrons. The van der Waals surface area contributed by atoms with E-state index in [2.05, 4.69) is 18.2 Å². The van der Waals surface area contributed by atoms with Crippen molar-refractivity contribution in [3.05, 3.63) is 23.8 Å². The lowest BCUT2D eigenvalue weighted by atomic mass is 9.86. The van der Waals surface area contributed by atoms with Crippen molar-refractivity contribution in [2.45, 2.75) is 38.5 Å². The van der Waals surface area contributed by atoms with Crippen LogP contribution in [0.15, 0.2) is 23.8 Å². The van der Waals surface area contributed by atoms with Gasteiger partial charge in [0.05, 0.1) is 0 Å². The van der Waals surface area contributed by atoms with Crippen LogP contribution in [0.5, 0.6) is 0 Å². The number of allylic oxidation sites excluding steroid dienone is 4. The monoisotopic (exact) mass is 148 g/mol. The van der Waals surface area contributed by atoms with Gasteiger partial charge < -0.3 is 0 Å². The molecule has 60 valence electrons. The van der Waals surface area contributed by atoms with Crippen LogP contribution in [0, 0.1) is 5.92 Å². The van der Waals surface area contributed by atoms with Crippen LogP contribution in [0.25, 0.3) is 0 Å². The van der Waals surface area contributed by atoms with Gasteiger partial charge >= 0.3 is 0 Å². The van der Waals surface area contributed by atoms with E-state index in [1.807, 2.05) is 0 Å². The maximum atomic E-state index is 2.40. The first kappa shape index (κ1) is 7.15. The van der Waals surface area contributed by atoms with E-state index in [1.54, 1.807) is 5.57 Å². The average molecular weight is 148 g/mol. The summed E-state index contributed by atoms with van der Waals surface area (Å²) >= 11 is 0. The highest BCUT2D eigenvalue weighted by Gasteiger charge is 2.11. The Kier molecular flexibility index (Phi) is 2.11. The third kappa shape index (κ3) is 1.74. The fourth-order valence-electron chi connectivity index (χ4n) is 2.16.